The van der Waals surface area contributed by atoms with Crippen LogP contribution in [0.15, 0.2) is 42.5 Å². The fourth-order valence-corrected chi connectivity index (χ4v) is 3.90. The molecular formula is C25H23Cl2F3N2O4. The minimum atomic E-state index is -0.999. The number of halogens is 5. The van der Waals surface area contributed by atoms with E-state index in [1.807, 2.05) is 24.4 Å². The van der Waals surface area contributed by atoms with Crippen LogP contribution in [0.4, 0.5) is 18.9 Å². The maximum Gasteiger partial charge on any atom is 0.325 e. The highest BCUT2D eigenvalue weighted by Gasteiger charge is 2.19. The minimum absolute atomic E-state index is 0.261. The molecule has 3 aromatic rings. The van der Waals surface area contributed by atoms with Crippen LogP contribution in [0.5, 0.6) is 5.75 Å². The first-order chi connectivity index (χ1) is 17.0. The predicted molar refractivity (Wildman–Crippen MR) is 133 cm³/mol. The molecule has 6 nitrogen and oxygen atoms in total. The Kier molecular flexibility index (Phi) is 10.4. The number of ether oxygens (including phenoxy) is 2. The third kappa shape index (κ3) is 6.83. The molecule has 0 fully saturated rings. The minimum Gasteiger partial charge on any atom is -0.494 e. The Labute approximate surface area is 216 Å². The largest absolute Gasteiger partial charge is 0.494 e. The number of anilines is 1. The second kappa shape index (κ2) is 13.0. The Hall–Kier alpha value is -3.43. The van der Waals surface area contributed by atoms with Gasteiger partial charge in [0, 0.05) is 18.2 Å². The molecule has 0 aromatic heterocycles. The first-order valence-corrected chi connectivity index (χ1v) is 11.1. The quantitative estimate of drug-likeness (QED) is 0.372. The van der Waals surface area contributed by atoms with Crippen molar-refractivity contribution < 1.29 is 32.2 Å². The molecular weight excluding hydrogens is 520 g/mol. The number of benzene rings is 3. The Morgan fingerprint density at radius 2 is 1.56 bits per heavy atom. The summed E-state index contributed by atoms with van der Waals surface area (Å²) in [7, 11) is 4.52. The van der Waals surface area contributed by atoms with Crippen molar-refractivity contribution in [1.29, 1.82) is 0 Å². The van der Waals surface area contributed by atoms with E-state index in [1.165, 1.54) is 12.1 Å². The van der Waals surface area contributed by atoms with E-state index in [0.717, 1.165) is 42.1 Å². The van der Waals surface area contributed by atoms with Crippen LogP contribution >= 0.6 is 23.2 Å². The Morgan fingerprint density at radius 1 is 0.972 bits per heavy atom. The standard InChI is InChI=1S/C15H14Cl2FNO.C10H9F2NO3/c1-8-4-5-10(14(19-2)15(8)20-3)13-11(16)6-9(18)7-12(13)17;1-16-8(14)5-13-10(15)9-6(11)3-2-4-7(9)12/h4-7,19H,1-3H3;2-4H,5H2,1H3,(H,13,15). The van der Waals surface area contributed by atoms with Gasteiger partial charge in [0.1, 0.15) is 35.3 Å². The number of carbonyl (C=O) groups is 2. The third-order valence-corrected chi connectivity index (χ3v) is 5.49. The Bertz CT molecular complexity index is 1230. The van der Waals surface area contributed by atoms with Crippen molar-refractivity contribution in [2.24, 2.45) is 0 Å². The number of esters is 1. The molecule has 0 saturated heterocycles. The summed E-state index contributed by atoms with van der Waals surface area (Å²) in [4.78, 5) is 22.0. The van der Waals surface area contributed by atoms with E-state index in [-0.39, 0.29) is 10.0 Å². The lowest BCUT2D eigenvalue weighted by molar-refractivity contribution is -0.139. The molecule has 0 spiro atoms. The van der Waals surface area contributed by atoms with Gasteiger partial charge in [0.25, 0.3) is 5.91 Å². The topological polar surface area (TPSA) is 76.7 Å². The summed E-state index contributed by atoms with van der Waals surface area (Å²) >= 11 is 12.3. The Balaban J connectivity index is 0.000000261. The van der Waals surface area contributed by atoms with E-state index in [9.17, 15) is 22.8 Å². The van der Waals surface area contributed by atoms with Crippen molar-refractivity contribution in [2.45, 2.75) is 6.92 Å². The third-order valence-electron chi connectivity index (χ3n) is 4.90. The van der Waals surface area contributed by atoms with Crippen molar-refractivity contribution in [2.75, 3.05) is 33.1 Å². The van der Waals surface area contributed by atoms with Crippen LogP contribution in [0.3, 0.4) is 0 Å². The van der Waals surface area contributed by atoms with Crippen LogP contribution < -0.4 is 15.4 Å². The van der Waals surface area contributed by atoms with Crippen LogP contribution in [-0.4, -0.2) is 39.7 Å². The van der Waals surface area contributed by atoms with Crippen molar-refractivity contribution in [3.05, 3.63) is 81.1 Å². The number of aryl methyl sites for hydroxylation is 1. The van der Waals surface area contributed by atoms with Gasteiger partial charge in [-0.2, -0.15) is 0 Å². The summed E-state index contributed by atoms with van der Waals surface area (Å²) in [5, 5.41) is 5.65. The van der Waals surface area contributed by atoms with Crippen LogP contribution in [0.1, 0.15) is 15.9 Å². The zero-order valence-electron chi connectivity index (χ0n) is 19.8. The number of nitrogens with one attached hydrogen (secondary N) is 2. The smallest absolute Gasteiger partial charge is 0.325 e. The van der Waals surface area contributed by atoms with Crippen LogP contribution in [0.25, 0.3) is 11.1 Å². The molecule has 3 aromatic carbocycles. The summed E-state index contributed by atoms with van der Waals surface area (Å²) in [6.45, 7) is 1.50. The molecule has 36 heavy (non-hydrogen) atoms. The number of hydrogen-bond acceptors (Lipinski definition) is 5. The lowest BCUT2D eigenvalue weighted by Gasteiger charge is -2.17. The highest BCUT2D eigenvalue weighted by Crippen LogP contribution is 2.43. The lowest BCUT2D eigenvalue weighted by atomic mass is 10.0. The summed E-state index contributed by atoms with van der Waals surface area (Å²) < 4.78 is 49.2. The van der Waals surface area contributed by atoms with Gasteiger partial charge < -0.3 is 20.1 Å². The fourth-order valence-electron chi connectivity index (χ4n) is 3.23. The van der Waals surface area contributed by atoms with E-state index < -0.39 is 41.4 Å². The predicted octanol–water partition coefficient (Wildman–Crippen LogP) is 6.03. The van der Waals surface area contributed by atoms with Gasteiger partial charge in [0.2, 0.25) is 0 Å². The average molecular weight is 543 g/mol. The molecule has 2 N–H and O–H groups in total. The molecule has 0 atom stereocenters. The number of amides is 1. The average Bonchev–Trinajstić information content (AvgIpc) is 2.82. The van der Waals surface area contributed by atoms with Gasteiger partial charge in [0.05, 0.1) is 30.0 Å². The molecule has 11 heteroatoms. The zero-order chi connectivity index (χ0) is 27.0. The molecule has 0 aliphatic heterocycles. The lowest BCUT2D eigenvalue weighted by Crippen LogP contribution is -2.31. The first kappa shape index (κ1) is 28.8. The van der Waals surface area contributed by atoms with Gasteiger partial charge in [-0.25, -0.2) is 13.2 Å². The SMILES string of the molecule is CNc1c(-c2c(Cl)cc(F)cc2Cl)ccc(C)c1OC.COC(=O)CNC(=O)c1c(F)cccc1F. The second-order valence-corrected chi connectivity index (χ2v) is 8.00. The number of hydrogen-bond donors (Lipinski definition) is 2. The van der Waals surface area contributed by atoms with Crippen LogP contribution in [0.2, 0.25) is 10.0 Å². The van der Waals surface area contributed by atoms with Gasteiger partial charge >= 0.3 is 5.97 Å². The van der Waals surface area contributed by atoms with Crippen LogP contribution in [0, 0.1) is 24.4 Å². The van der Waals surface area contributed by atoms with Gasteiger partial charge in [-0.05, 0) is 36.8 Å². The number of methoxy groups -OCH3 is 2. The molecule has 192 valence electrons. The summed E-state index contributed by atoms with van der Waals surface area (Å²) in [6, 6.07) is 9.33. The Morgan fingerprint density at radius 3 is 2.06 bits per heavy atom. The highest BCUT2D eigenvalue weighted by atomic mass is 35.5. The summed E-state index contributed by atoms with van der Waals surface area (Å²) in [5.74, 6) is -3.42. The molecule has 0 bridgehead atoms. The fraction of sp³-hybridized carbons (Fsp3) is 0.200. The molecule has 3 rings (SSSR count). The molecule has 0 heterocycles. The maximum atomic E-state index is 13.3. The summed E-state index contributed by atoms with van der Waals surface area (Å²) in [5.41, 5.74) is 2.38. The van der Waals surface area contributed by atoms with Crippen molar-refractivity contribution in [1.82, 2.24) is 5.32 Å². The highest BCUT2D eigenvalue weighted by molar-refractivity contribution is 6.39. The monoisotopic (exact) mass is 542 g/mol. The summed E-state index contributed by atoms with van der Waals surface area (Å²) in [6.07, 6.45) is 0. The van der Waals surface area contributed by atoms with Gasteiger partial charge in [-0.1, -0.05) is 41.4 Å². The molecule has 1 amide bonds. The molecule has 0 radical (unpaired) electrons. The van der Waals surface area contributed by atoms with Gasteiger partial charge in [-0.3, -0.25) is 9.59 Å². The first-order valence-electron chi connectivity index (χ1n) is 10.3. The van der Waals surface area contributed by atoms with E-state index in [2.05, 4.69) is 10.1 Å². The zero-order valence-corrected chi connectivity index (χ0v) is 21.3. The van der Waals surface area contributed by atoms with E-state index in [4.69, 9.17) is 27.9 Å². The van der Waals surface area contributed by atoms with Crippen LogP contribution in [-0.2, 0) is 9.53 Å². The van der Waals surface area contributed by atoms with Gasteiger partial charge in [0.15, 0.2) is 0 Å². The van der Waals surface area contributed by atoms with E-state index in [0.29, 0.717) is 11.3 Å². The molecule has 0 aliphatic carbocycles. The van der Waals surface area contributed by atoms with Gasteiger partial charge in [-0.15, -0.1) is 0 Å². The van der Waals surface area contributed by atoms with Crippen molar-refractivity contribution >= 4 is 40.8 Å². The number of rotatable bonds is 6. The second-order valence-electron chi connectivity index (χ2n) is 7.19. The molecule has 0 aliphatic rings. The molecule has 0 saturated carbocycles. The van der Waals surface area contributed by atoms with Crippen molar-refractivity contribution in [3.63, 3.8) is 0 Å². The van der Waals surface area contributed by atoms with E-state index in [1.54, 1.807) is 14.2 Å². The normalized spacial score (nSPS) is 10.1. The number of carbonyl (C=O) groups excluding carboxylic acids is 2. The molecule has 0 unspecified atom stereocenters. The van der Waals surface area contributed by atoms with E-state index >= 15 is 0 Å². The van der Waals surface area contributed by atoms with Crippen molar-refractivity contribution in [3.8, 4) is 16.9 Å². The maximum absolute atomic E-state index is 13.3.